The van der Waals surface area contributed by atoms with Crippen LogP contribution >= 0.6 is 0 Å². The molecule has 12 heteroatoms. The van der Waals surface area contributed by atoms with E-state index in [1.54, 1.807) is 22.6 Å². The lowest BCUT2D eigenvalue weighted by atomic mass is 10.0. The molecule has 2 aromatic heterocycles. The quantitative estimate of drug-likeness (QED) is 0.422. The number of hydrogen-bond acceptors (Lipinski definition) is 5. The van der Waals surface area contributed by atoms with Crippen LogP contribution in [0, 0.1) is 0 Å². The van der Waals surface area contributed by atoms with Gasteiger partial charge in [0.15, 0.2) is 0 Å². The number of halogens is 3. The van der Waals surface area contributed by atoms with Gasteiger partial charge >= 0.3 is 12.1 Å². The first-order chi connectivity index (χ1) is 17.5. The van der Waals surface area contributed by atoms with Crippen LogP contribution in [0.2, 0.25) is 0 Å². The predicted molar refractivity (Wildman–Crippen MR) is 134 cm³/mol. The van der Waals surface area contributed by atoms with E-state index in [-0.39, 0.29) is 0 Å². The van der Waals surface area contributed by atoms with Gasteiger partial charge in [0, 0.05) is 36.9 Å². The van der Waals surface area contributed by atoms with E-state index in [9.17, 15) is 21.6 Å². The summed E-state index contributed by atoms with van der Waals surface area (Å²) in [6, 6.07) is 11.4. The number of aromatic amines is 1. The maximum absolute atomic E-state index is 12.8. The summed E-state index contributed by atoms with van der Waals surface area (Å²) in [5.41, 5.74) is 4.07. The number of sulfonamides is 1. The normalized spacial score (nSPS) is 14.6. The number of carboxylic acid groups (broad SMARTS) is 1. The van der Waals surface area contributed by atoms with Crippen molar-refractivity contribution in [2.45, 2.75) is 50.7 Å². The Balaban J connectivity index is 0.000000479. The van der Waals surface area contributed by atoms with Gasteiger partial charge in [0.25, 0.3) is 0 Å². The molecule has 1 aliphatic rings. The average Bonchev–Trinajstić information content (AvgIpc) is 3.54. The van der Waals surface area contributed by atoms with Gasteiger partial charge in [0.05, 0.1) is 4.90 Å². The summed E-state index contributed by atoms with van der Waals surface area (Å²) >= 11 is 0. The Morgan fingerprint density at radius 2 is 1.76 bits per heavy atom. The summed E-state index contributed by atoms with van der Waals surface area (Å²) in [6.07, 6.45) is -0.271. The van der Waals surface area contributed by atoms with E-state index < -0.39 is 22.2 Å². The Bertz CT molecular complexity index is 1300. The van der Waals surface area contributed by atoms with Crippen molar-refractivity contribution in [2.24, 2.45) is 0 Å². The van der Waals surface area contributed by atoms with Gasteiger partial charge in [0.2, 0.25) is 10.0 Å². The van der Waals surface area contributed by atoms with Gasteiger partial charge in [-0.3, -0.25) is 4.90 Å². The zero-order valence-electron chi connectivity index (χ0n) is 20.8. The molecule has 4 rings (SSSR count). The smallest absolute Gasteiger partial charge is 0.475 e. The molecule has 0 saturated carbocycles. The zero-order chi connectivity index (χ0) is 27.2. The number of pyridine rings is 1. The minimum Gasteiger partial charge on any atom is -0.475 e. The molecular weight excluding hydrogens is 509 g/mol. The number of carboxylic acids is 1. The van der Waals surface area contributed by atoms with Crippen LogP contribution in [0.15, 0.2) is 47.5 Å². The van der Waals surface area contributed by atoms with E-state index in [1.165, 1.54) is 0 Å². The predicted octanol–water partition coefficient (Wildman–Crippen LogP) is 4.88. The number of aliphatic carboxylic acids is 1. The number of alkyl halides is 3. The molecule has 0 atom stereocenters. The van der Waals surface area contributed by atoms with Gasteiger partial charge in [-0.05, 0) is 67.7 Å². The van der Waals surface area contributed by atoms with Crippen LogP contribution in [0.3, 0.4) is 0 Å². The molecule has 0 spiro atoms. The van der Waals surface area contributed by atoms with Crippen molar-refractivity contribution in [3.8, 4) is 11.1 Å². The van der Waals surface area contributed by atoms with E-state index in [4.69, 9.17) is 9.90 Å². The van der Waals surface area contributed by atoms with Gasteiger partial charge < -0.3 is 10.1 Å². The summed E-state index contributed by atoms with van der Waals surface area (Å²) in [7, 11) is -3.39. The number of carbonyl (C=O) groups is 1. The van der Waals surface area contributed by atoms with Crippen molar-refractivity contribution in [1.29, 1.82) is 0 Å². The number of rotatable bonds is 8. The number of nitrogens with zero attached hydrogens (tertiary/aromatic N) is 3. The Labute approximate surface area is 214 Å². The molecule has 3 aromatic rings. The van der Waals surface area contributed by atoms with Crippen LogP contribution in [0.1, 0.15) is 38.8 Å². The second-order valence-electron chi connectivity index (χ2n) is 8.72. The van der Waals surface area contributed by atoms with Crippen LogP contribution in [0.4, 0.5) is 13.2 Å². The van der Waals surface area contributed by atoms with E-state index >= 15 is 0 Å². The lowest BCUT2D eigenvalue weighted by Crippen LogP contribution is -2.27. The molecule has 8 nitrogen and oxygen atoms in total. The minimum absolute atomic E-state index is 0.367. The first kappa shape index (κ1) is 28.6. The second kappa shape index (κ2) is 12.1. The molecular formula is C25H31F3N4O4S. The summed E-state index contributed by atoms with van der Waals surface area (Å²) in [6.45, 7) is 8.56. The third-order valence-electron chi connectivity index (χ3n) is 6.08. The van der Waals surface area contributed by atoms with Crippen molar-refractivity contribution in [3.63, 3.8) is 0 Å². The Morgan fingerprint density at radius 3 is 2.30 bits per heavy atom. The molecule has 0 unspecified atom stereocenters. The second-order valence-corrected chi connectivity index (χ2v) is 10.7. The maximum Gasteiger partial charge on any atom is 0.490 e. The number of aromatic nitrogens is 2. The highest BCUT2D eigenvalue weighted by Gasteiger charge is 2.38. The molecule has 37 heavy (non-hydrogen) atoms. The summed E-state index contributed by atoms with van der Waals surface area (Å²) < 4.78 is 58.9. The largest absolute Gasteiger partial charge is 0.490 e. The van der Waals surface area contributed by atoms with E-state index in [0.29, 0.717) is 18.0 Å². The van der Waals surface area contributed by atoms with Gasteiger partial charge in [-0.2, -0.15) is 17.5 Å². The molecule has 3 heterocycles. The zero-order valence-corrected chi connectivity index (χ0v) is 21.6. The third kappa shape index (κ3) is 7.08. The maximum atomic E-state index is 12.8. The number of fused-ring (bicyclic) bond motifs is 1. The average molecular weight is 541 g/mol. The van der Waals surface area contributed by atoms with Gasteiger partial charge in [-0.1, -0.05) is 26.0 Å². The van der Waals surface area contributed by atoms with Crippen LogP contribution in [-0.4, -0.2) is 71.0 Å². The monoisotopic (exact) mass is 540 g/mol. The highest BCUT2D eigenvalue weighted by atomic mass is 32.2. The highest BCUT2D eigenvalue weighted by Crippen LogP contribution is 2.30. The fraction of sp³-hybridized carbons (Fsp3) is 0.440. The molecule has 0 aliphatic carbocycles. The van der Waals surface area contributed by atoms with E-state index in [0.717, 1.165) is 66.8 Å². The third-order valence-corrected chi connectivity index (χ3v) is 7.99. The Kier molecular flexibility index (Phi) is 9.32. The molecule has 1 fully saturated rings. The first-order valence-electron chi connectivity index (χ1n) is 12.1. The molecule has 0 bridgehead atoms. The minimum atomic E-state index is -5.08. The van der Waals surface area contributed by atoms with Crippen LogP contribution in [0.5, 0.6) is 0 Å². The number of nitrogens with one attached hydrogen (secondary N) is 1. The SMILES string of the molecule is CCCN(CC)Cc1cc2c(-c3ccc(S(=O)(=O)N4CCCC4)cc3)ccnc2[nH]1.O=C(O)C(F)(F)F. The van der Waals surface area contributed by atoms with E-state index in [1.807, 2.05) is 18.2 Å². The summed E-state index contributed by atoms with van der Waals surface area (Å²) in [4.78, 5) is 19.6. The van der Waals surface area contributed by atoms with Gasteiger partial charge in [-0.15, -0.1) is 0 Å². The molecule has 0 amide bonds. The van der Waals surface area contributed by atoms with Gasteiger partial charge in [-0.25, -0.2) is 18.2 Å². The Hall–Kier alpha value is -2.96. The van der Waals surface area contributed by atoms with Crippen molar-refractivity contribution < 1.29 is 31.5 Å². The van der Waals surface area contributed by atoms with Crippen LogP contribution < -0.4 is 0 Å². The fourth-order valence-electron chi connectivity index (χ4n) is 4.21. The van der Waals surface area contributed by atoms with E-state index in [2.05, 4.69) is 34.8 Å². The molecule has 1 saturated heterocycles. The lowest BCUT2D eigenvalue weighted by Gasteiger charge is -2.18. The Morgan fingerprint density at radius 1 is 1.14 bits per heavy atom. The fourth-order valence-corrected chi connectivity index (χ4v) is 5.73. The summed E-state index contributed by atoms with van der Waals surface area (Å²) in [5.74, 6) is -2.76. The number of hydrogen-bond donors (Lipinski definition) is 2. The molecule has 1 aliphatic heterocycles. The van der Waals surface area contributed by atoms with Crippen LogP contribution in [0.25, 0.3) is 22.2 Å². The topological polar surface area (TPSA) is 107 Å². The van der Waals surface area contributed by atoms with Crippen molar-refractivity contribution >= 4 is 27.0 Å². The van der Waals surface area contributed by atoms with Crippen molar-refractivity contribution in [1.82, 2.24) is 19.2 Å². The standard InChI is InChI=1S/C23H30N4O2S.C2HF3O2/c1-3-13-26(4-2)17-19-16-22-21(11-12-24-23(22)25-19)18-7-9-20(10-8-18)30(28,29)27-14-5-6-15-27;3-2(4,5)1(6)7/h7-12,16H,3-6,13-15,17H2,1-2H3,(H,24,25);(H,6,7). The molecule has 2 N–H and O–H groups in total. The van der Waals surface area contributed by atoms with Crippen molar-refractivity contribution in [2.75, 3.05) is 26.2 Å². The van der Waals surface area contributed by atoms with Gasteiger partial charge in [0.1, 0.15) is 5.65 Å². The lowest BCUT2D eigenvalue weighted by molar-refractivity contribution is -0.192. The highest BCUT2D eigenvalue weighted by molar-refractivity contribution is 7.89. The van der Waals surface area contributed by atoms with Crippen molar-refractivity contribution in [3.05, 3.63) is 48.3 Å². The van der Waals surface area contributed by atoms with Crippen LogP contribution in [-0.2, 0) is 21.4 Å². The first-order valence-corrected chi connectivity index (χ1v) is 13.5. The molecule has 0 radical (unpaired) electrons. The molecule has 202 valence electrons. The molecule has 1 aromatic carbocycles. The number of benzene rings is 1. The number of H-pyrrole nitrogens is 1. The summed E-state index contributed by atoms with van der Waals surface area (Å²) in [5, 5.41) is 8.19.